The van der Waals surface area contributed by atoms with Crippen molar-refractivity contribution in [1.82, 2.24) is 0 Å². The molecule has 4 nitrogen and oxygen atoms in total. The van der Waals surface area contributed by atoms with Crippen LogP contribution in [0.1, 0.15) is 11.1 Å². The van der Waals surface area contributed by atoms with Gasteiger partial charge in [-0.05, 0) is 94.3 Å². The van der Waals surface area contributed by atoms with Gasteiger partial charge in [0.25, 0.3) is 0 Å². The van der Waals surface area contributed by atoms with E-state index in [1.54, 1.807) is 0 Å². The maximum absolute atomic E-state index is 9.79. The highest BCUT2D eigenvalue weighted by atomic mass is 15.1. The Morgan fingerprint density at radius 2 is 0.667 bits per heavy atom. The second-order valence-corrected chi connectivity index (χ2v) is 11.6. The van der Waals surface area contributed by atoms with Crippen molar-refractivity contribution in [2.24, 2.45) is 0 Å². The van der Waals surface area contributed by atoms with E-state index in [4.69, 9.17) is 0 Å². The van der Waals surface area contributed by atoms with Crippen LogP contribution in [0.2, 0.25) is 0 Å². The minimum Gasteiger partial charge on any atom is -0.310 e. The Morgan fingerprint density at radius 1 is 0.312 bits per heavy atom. The number of para-hydroxylation sites is 2. The Hall–Kier alpha value is -6.88. The highest BCUT2D eigenvalue weighted by Crippen LogP contribution is 2.47. The van der Waals surface area contributed by atoms with Crippen LogP contribution in [-0.2, 0) is 0 Å². The lowest BCUT2D eigenvalue weighted by molar-refractivity contribution is 1.29. The van der Waals surface area contributed by atoms with E-state index in [1.165, 1.54) is 0 Å². The molecular weight excluding hydrogens is 585 g/mol. The van der Waals surface area contributed by atoms with Crippen molar-refractivity contribution in [2.75, 3.05) is 9.80 Å². The number of nitriles is 2. The predicted octanol–water partition coefficient (Wildman–Crippen LogP) is 11.8. The van der Waals surface area contributed by atoms with Gasteiger partial charge in [-0.1, -0.05) is 97.1 Å². The molecule has 0 aliphatic rings. The topological polar surface area (TPSA) is 54.1 Å². The van der Waals surface area contributed by atoms with E-state index in [1.807, 2.05) is 72.8 Å². The molecule has 0 bridgehead atoms. The van der Waals surface area contributed by atoms with Crippen LogP contribution in [-0.4, -0.2) is 0 Å². The summed E-state index contributed by atoms with van der Waals surface area (Å²) in [7, 11) is 0. The number of hydrogen-bond acceptors (Lipinski definition) is 4. The third-order valence-electron chi connectivity index (χ3n) is 8.82. The van der Waals surface area contributed by atoms with Crippen LogP contribution in [0.3, 0.4) is 0 Å². The highest BCUT2D eigenvalue weighted by molar-refractivity contribution is 6.24. The fourth-order valence-corrected chi connectivity index (χ4v) is 6.72. The zero-order valence-electron chi connectivity index (χ0n) is 26.0. The Bertz CT molecular complexity index is 2360. The molecule has 0 aliphatic carbocycles. The first-order valence-electron chi connectivity index (χ1n) is 15.8. The lowest BCUT2D eigenvalue weighted by Crippen LogP contribution is -2.12. The van der Waals surface area contributed by atoms with Gasteiger partial charge in [0.05, 0.1) is 34.6 Å². The smallest absolute Gasteiger partial charge is 0.0992 e. The molecule has 0 N–H and O–H groups in total. The van der Waals surface area contributed by atoms with E-state index in [0.717, 1.165) is 66.4 Å². The maximum atomic E-state index is 9.79. The number of hydrogen-bond donors (Lipinski definition) is 0. The predicted molar refractivity (Wildman–Crippen MR) is 198 cm³/mol. The molecule has 0 spiro atoms. The SMILES string of the molecule is N#Cc1cccc(N(c2ccccc2)c2cc3c4ccccc4c(N(c4ccccc4)c4cccc(C#N)c4)cc3c3ccccc23)c1. The standard InChI is InChI=1S/C44H28N4/c45-29-31-13-11-19-35(25-31)47(33-15-3-1-4-16-33)43-27-41-38-22-8-10-24-40(38)44(28-42(41)37-21-7-9-23-39(37)43)48(34-17-5-2-6-18-34)36-20-12-14-32(26-36)30-46/h1-28H. The Balaban J connectivity index is 1.47. The summed E-state index contributed by atoms with van der Waals surface area (Å²) in [6, 6.07) is 62.5. The van der Waals surface area contributed by atoms with Crippen molar-refractivity contribution in [3.8, 4) is 12.1 Å². The molecule has 0 aromatic heterocycles. The van der Waals surface area contributed by atoms with Crippen molar-refractivity contribution in [3.05, 3.63) is 181 Å². The summed E-state index contributed by atoms with van der Waals surface area (Å²) in [6.45, 7) is 0. The lowest BCUT2D eigenvalue weighted by Gasteiger charge is -2.29. The van der Waals surface area contributed by atoms with E-state index in [9.17, 15) is 10.5 Å². The number of benzene rings is 8. The Morgan fingerprint density at radius 3 is 1.06 bits per heavy atom. The van der Waals surface area contributed by atoms with E-state index >= 15 is 0 Å². The van der Waals surface area contributed by atoms with Gasteiger partial charge < -0.3 is 9.80 Å². The van der Waals surface area contributed by atoms with Crippen LogP contribution in [0, 0.1) is 22.7 Å². The lowest BCUT2D eigenvalue weighted by atomic mass is 9.93. The third kappa shape index (κ3) is 4.95. The molecule has 0 radical (unpaired) electrons. The molecule has 0 unspecified atom stereocenters. The molecule has 8 rings (SSSR count). The zero-order chi connectivity index (χ0) is 32.5. The largest absolute Gasteiger partial charge is 0.310 e. The van der Waals surface area contributed by atoms with Crippen LogP contribution < -0.4 is 9.80 Å². The van der Waals surface area contributed by atoms with E-state index in [2.05, 4.69) is 119 Å². The average Bonchev–Trinajstić information content (AvgIpc) is 3.16. The van der Waals surface area contributed by atoms with Crippen LogP contribution in [0.15, 0.2) is 170 Å². The molecule has 0 atom stereocenters. The number of anilines is 6. The number of fused-ring (bicyclic) bond motifs is 5. The molecule has 8 aromatic carbocycles. The van der Waals surface area contributed by atoms with Gasteiger partial charge in [-0.25, -0.2) is 0 Å². The average molecular weight is 613 g/mol. The first-order chi connectivity index (χ1) is 23.7. The quantitative estimate of drug-likeness (QED) is 0.175. The fraction of sp³-hybridized carbons (Fsp3) is 0. The van der Waals surface area contributed by atoms with E-state index < -0.39 is 0 Å². The summed E-state index contributed by atoms with van der Waals surface area (Å²) in [6.07, 6.45) is 0. The highest BCUT2D eigenvalue weighted by Gasteiger charge is 2.22. The van der Waals surface area contributed by atoms with Gasteiger partial charge in [0.2, 0.25) is 0 Å². The van der Waals surface area contributed by atoms with E-state index in [0.29, 0.717) is 11.1 Å². The van der Waals surface area contributed by atoms with Crippen LogP contribution in [0.5, 0.6) is 0 Å². The van der Waals surface area contributed by atoms with Gasteiger partial charge >= 0.3 is 0 Å². The molecule has 0 heterocycles. The van der Waals surface area contributed by atoms with Crippen LogP contribution in [0.25, 0.3) is 32.3 Å². The van der Waals surface area contributed by atoms with Crippen molar-refractivity contribution < 1.29 is 0 Å². The third-order valence-corrected chi connectivity index (χ3v) is 8.82. The van der Waals surface area contributed by atoms with Gasteiger partial charge in [0, 0.05) is 33.5 Å². The van der Waals surface area contributed by atoms with Gasteiger partial charge in [0.1, 0.15) is 0 Å². The normalized spacial score (nSPS) is 10.9. The summed E-state index contributed by atoms with van der Waals surface area (Å²) in [5.74, 6) is 0. The molecule has 4 heteroatoms. The van der Waals surface area contributed by atoms with Gasteiger partial charge in [-0.2, -0.15) is 10.5 Å². The van der Waals surface area contributed by atoms with Crippen LogP contribution in [0.4, 0.5) is 34.1 Å². The molecule has 8 aromatic rings. The van der Waals surface area contributed by atoms with Gasteiger partial charge in [-0.15, -0.1) is 0 Å². The molecule has 0 saturated carbocycles. The monoisotopic (exact) mass is 612 g/mol. The van der Waals surface area contributed by atoms with Gasteiger partial charge in [0.15, 0.2) is 0 Å². The summed E-state index contributed by atoms with van der Waals surface area (Å²) in [4.78, 5) is 4.49. The van der Waals surface area contributed by atoms with Crippen LogP contribution >= 0.6 is 0 Å². The number of rotatable bonds is 6. The minimum atomic E-state index is 0.607. The Labute approximate surface area is 279 Å². The molecule has 48 heavy (non-hydrogen) atoms. The molecule has 224 valence electrons. The summed E-state index contributed by atoms with van der Waals surface area (Å²) in [5.41, 5.74) is 7.11. The van der Waals surface area contributed by atoms with Gasteiger partial charge in [-0.3, -0.25) is 0 Å². The van der Waals surface area contributed by atoms with Crippen molar-refractivity contribution in [2.45, 2.75) is 0 Å². The summed E-state index contributed by atoms with van der Waals surface area (Å²) < 4.78 is 0. The Kier molecular flexibility index (Phi) is 7.23. The zero-order valence-corrected chi connectivity index (χ0v) is 26.0. The minimum absolute atomic E-state index is 0.607. The second kappa shape index (κ2) is 12.1. The maximum Gasteiger partial charge on any atom is 0.0992 e. The molecule has 0 fully saturated rings. The summed E-state index contributed by atoms with van der Waals surface area (Å²) in [5, 5.41) is 26.3. The molecule has 0 aliphatic heterocycles. The molecule has 0 amide bonds. The first kappa shape index (κ1) is 28.6. The first-order valence-corrected chi connectivity index (χ1v) is 15.8. The second-order valence-electron chi connectivity index (χ2n) is 11.6. The fourth-order valence-electron chi connectivity index (χ4n) is 6.72. The summed E-state index contributed by atoms with van der Waals surface area (Å²) >= 11 is 0. The van der Waals surface area contributed by atoms with Crippen molar-refractivity contribution in [3.63, 3.8) is 0 Å². The van der Waals surface area contributed by atoms with Crippen molar-refractivity contribution in [1.29, 1.82) is 10.5 Å². The number of nitrogens with zero attached hydrogens (tertiary/aromatic N) is 4. The van der Waals surface area contributed by atoms with Crippen molar-refractivity contribution >= 4 is 66.4 Å². The molecular formula is C44H28N4. The molecule has 0 saturated heterocycles. The van der Waals surface area contributed by atoms with E-state index in [-0.39, 0.29) is 0 Å².